The Kier molecular flexibility index (Phi) is 5.47. The number of aryl methyl sites for hydroxylation is 1. The van der Waals surface area contributed by atoms with Crippen molar-refractivity contribution in [1.29, 1.82) is 0 Å². The summed E-state index contributed by atoms with van der Waals surface area (Å²) in [5.74, 6) is -3.08. The molecule has 0 saturated carbocycles. The molecule has 8 heteroatoms. The Morgan fingerprint density at radius 3 is 2.62 bits per heavy atom. The van der Waals surface area contributed by atoms with Gasteiger partial charge in [-0.15, -0.1) is 0 Å². The Bertz CT molecular complexity index is 1050. The number of benzene rings is 1. The van der Waals surface area contributed by atoms with E-state index in [1.807, 2.05) is 27.0 Å². The Morgan fingerprint density at radius 1 is 1.34 bits per heavy atom. The Labute approximate surface area is 167 Å². The quantitative estimate of drug-likeness (QED) is 0.788. The number of aromatic carboxylic acids is 1. The molecule has 0 bridgehead atoms. The summed E-state index contributed by atoms with van der Waals surface area (Å²) >= 11 is 0. The van der Waals surface area contributed by atoms with Gasteiger partial charge in [-0.25, -0.2) is 13.6 Å². The fourth-order valence-electron chi connectivity index (χ4n) is 3.70. The molecule has 0 spiro atoms. The molecule has 1 aliphatic rings. The van der Waals surface area contributed by atoms with Gasteiger partial charge >= 0.3 is 5.97 Å². The lowest BCUT2D eigenvalue weighted by atomic mass is 9.99. The van der Waals surface area contributed by atoms with Gasteiger partial charge in [-0.05, 0) is 24.8 Å². The van der Waals surface area contributed by atoms with Crippen LogP contribution in [0.4, 0.5) is 14.6 Å². The Morgan fingerprint density at radius 2 is 2.03 bits per heavy atom. The van der Waals surface area contributed by atoms with E-state index in [-0.39, 0.29) is 34.7 Å². The summed E-state index contributed by atoms with van der Waals surface area (Å²) in [6.07, 6.45) is 2.56. The topological polar surface area (TPSA) is 74.9 Å². The van der Waals surface area contributed by atoms with Crippen LogP contribution in [0.3, 0.4) is 0 Å². The maximum absolute atomic E-state index is 14.6. The van der Waals surface area contributed by atoms with E-state index in [2.05, 4.69) is 4.99 Å². The van der Waals surface area contributed by atoms with Gasteiger partial charge in [-0.1, -0.05) is 20.8 Å². The molecule has 1 aromatic carbocycles. The van der Waals surface area contributed by atoms with Gasteiger partial charge in [0.05, 0.1) is 16.9 Å². The molecule has 3 rings (SSSR count). The van der Waals surface area contributed by atoms with Crippen molar-refractivity contribution in [3.63, 3.8) is 0 Å². The van der Waals surface area contributed by atoms with Gasteiger partial charge in [-0.2, -0.15) is 0 Å². The number of aliphatic imine (C=N–C) groups is 1. The van der Waals surface area contributed by atoms with Gasteiger partial charge in [0.25, 0.3) is 0 Å². The second kappa shape index (κ2) is 7.57. The van der Waals surface area contributed by atoms with Gasteiger partial charge < -0.3 is 14.6 Å². The molecule has 1 fully saturated rings. The van der Waals surface area contributed by atoms with Crippen LogP contribution >= 0.6 is 0 Å². The van der Waals surface area contributed by atoms with Crippen LogP contribution in [0.15, 0.2) is 21.9 Å². The van der Waals surface area contributed by atoms with Crippen LogP contribution in [0, 0.1) is 17.0 Å². The van der Waals surface area contributed by atoms with Crippen molar-refractivity contribution < 1.29 is 18.7 Å². The number of hydrogen-bond donors (Lipinski definition) is 1. The van der Waals surface area contributed by atoms with E-state index < -0.39 is 28.6 Å². The van der Waals surface area contributed by atoms with Crippen LogP contribution < -0.4 is 10.3 Å². The largest absolute Gasteiger partial charge is 0.477 e. The summed E-state index contributed by atoms with van der Waals surface area (Å²) in [5, 5.41) is 9.47. The van der Waals surface area contributed by atoms with Crippen molar-refractivity contribution in [1.82, 2.24) is 4.57 Å². The highest BCUT2D eigenvalue weighted by molar-refractivity contribution is 5.98. The van der Waals surface area contributed by atoms with Gasteiger partial charge in [0, 0.05) is 31.9 Å². The standard InChI is InChI=1S/C21H25F2N3O3/c1-5-26-17-14(8-12(22)9-15(17)23)18(27)16(20(28)29)19(26)25-7-6-13(10-25)24-11-21(2,3)4/h8-9,11,13H,5-7,10H2,1-4H3,(H,28,29). The molecule has 2 heterocycles. The van der Waals surface area contributed by atoms with E-state index >= 15 is 0 Å². The smallest absolute Gasteiger partial charge is 0.343 e. The number of carboxylic acid groups (broad SMARTS) is 1. The van der Waals surface area contributed by atoms with Crippen molar-refractivity contribution in [3.05, 3.63) is 39.6 Å². The first-order valence-electron chi connectivity index (χ1n) is 9.61. The molecule has 0 amide bonds. The maximum Gasteiger partial charge on any atom is 0.343 e. The average molecular weight is 405 g/mol. The van der Waals surface area contributed by atoms with Crippen molar-refractivity contribution in [2.45, 2.75) is 46.7 Å². The highest BCUT2D eigenvalue weighted by atomic mass is 19.1. The number of aromatic nitrogens is 1. The van der Waals surface area contributed by atoms with E-state index in [1.54, 1.807) is 11.8 Å². The fourth-order valence-corrected chi connectivity index (χ4v) is 3.70. The Hall–Kier alpha value is -2.77. The predicted molar refractivity (Wildman–Crippen MR) is 109 cm³/mol. The van der Waals surface area contributed by atoms with E-state index in [0.29, 0.717) is 25.6 Å². The third kappa shape index (κ3) is 4.02. The number of nitrogens with zero attached hydrogens (tertiary/aromatic N) is 3. The lowest BCUT2D eigenvalue weighted by Gasteiger charge is -2.26. The normalized spacial score (nSPS) is 17.6. The Balaban J connectivity index is 2.20. The van der Waals surface area contributed by atoms with Crippen molar-refractivity contribution >= 4 is 28.9 Å². The predicted octanol–water partition coefficient (Wildman–Crippen LogP) is 3.69. The number of carboxylic acids is 1. The van der Waals surface area contributed by atoms with Crippen LogP contribution in [0.1, 0.15) is 44.5 Å². The summed E-state index contributed by atoms with van der Waals surface area (Å²) in [6.45, 7) is 8.96. The number of anilines is 1. The molecule has 0 radical (unpaired) electrons. The molecule has 2 aromatic rings. The van der Waals surface area contributed by atoms with Crippen LogP contribution in [0.25, 0.3) is 10.9 Å². The second-order valence-corrected chi connectivity index (χ2v) is 8.39. The van der Waals surface area contributed by atoms with Gasteiger partial charge in [0.15, 0.2) is 5.82 Å². The van der Waals surface area contributed by atoms with Crippen molar-refractivity contribution in [2.75, 3.05) is 18.0 Å². The first-order chi connectivity index (χ1) is 13.5. The second-order valence-electron chi connectivity index (χ2n) is 8.39. The molecule has 156 valence electrons. The van der Waals surface area contributed by atoms with Crippen molar-refractivity contribution in [3.8, 4) is 0 Å². The molecule has 1 N–H and O–H groups in total. The lowest BCUT2D eigenvalue weighted by Crippen LogP contribution is -2.32. The molecular weight excluding hydrogens is 380 g/mol. The van der Waals surface area contributed by atoms with E-state index in [9.17, 15) is 23.5 Å². The molecule has 1 atom stereocenters. The third-order valence-electron chi connectivity index (χ3n) is 4.91. The fraction of sp³-hybridized carbons (Fsp3) is 0.476. The molecule has 1 aliphatic heterocycles. The van der Waals surface area contributed by atoms with E-state index in [0.717, 1.165) is 6.07 Å². The highest BCUT2D eigenvalue weighted by Gasteiger charge is 2.31. The number of carbonyl (C=O) groups is 1. The van der Waals surface area contributed by atoms with Crippen LogP contribution in [0.2, 0.25) is 0 Å². The zero-order valence-corrected chi connectivity index (χ0v) is 17.0. The summed E-state index contributed by atoms with van der Waals surface area (Å²) in [6, 6.07) is 1.55. The molecule has 6 nitrogen and oxygen atoms in total. The van der Waals surface area contributed by atoms with Crippen molar-refractivity contribution in [2.24, 2.45) is 10.4 Å². The lowest BCUT2D eigenvalue weighted by molar-refractivity contribution is 0.0695. The van der Waals surface area contributed by atoms with Gasteiger partial charge in [0.1, 0.15) is 17.2 Å². The summed E-state index contributed by atoms with van der Waals surface area (Å²) in [7, 11) is 0. The monoisotopic (exact) mass is 405 g/mol. The molecule has 1 unspecified atom stereocenters. The van der Waals surface area contributed by atoms with E-state index in [4.69, 9.17) is 0 Å². The zero-order valence-electron chi connectivity index (χ0n) is 17.0. The average Bonchev–Trinajstić information content (AvgIpc) is 3.08. The van der Waals surface area contributed by atoms with E-state index in [1.165, 1.54) is 4.57 Å². The first-order valence-corrected chi connectivity index (χ1v) is 9.61. The number of pyridine rings is 1. The highest BCUT2D eigenvalue weighted by Crippen LogP contribution is 2.30. The molecule has 1 saturated heterocycles. The summed E-state index contributed by atoms with van der Waals surface area (Å²) in [5.41, 5.74) is -1.51. The minimum atomic E-state index is -1.42. The van der Waals surface area contributed by atoms with Gasteiger partial charge in [0.2, 0.25) is 5.43 Å². The number of hydrogen-bond acceptors (Lipinski definition) is 4. The molecular formula is C21H25F2N3O3. The summed E-state index contributed by atoms with van der Waals surface area (Å²) in [4.78, 5) is 31.2. The number of halogens is 2. The number of fused-ring (bicyclic) bond motifs is 1. The zero-order chi connectivity index (χ0) is 21.5. The molecule has 29 heavy (non-hydrogen) atoms. The minimum Gasteiger partial charge on any atom is -0.477 e. The minimum absolute atomic E-state index is 0.0509. The van der Waals surface area contributed by atoms with Crippen LogP contribution in [-0.2, 0) is 6.54 Å². The third-order valence-corrected chi connectivity index (χ3v) is 4.91. The van der Waals surface area contributed by atoms with Gasteiger partial charge in [-0.3, -0.25) is 9.79 Å². The van der Waals surface area contributed by atoms with Crippen LogP contribution in [-0.4, -0.2) is 41.0 Å². The SMILES string of the molecule is CCn1c(N2CCC(N=CC(C)(C)C)C2)c(C(=O)O)c(=O)c2cc(F)cc(F)c21. The maximum atomic E-state index is 14.6. The first kappa shape index (κ1) is 21.0. The summed E-state index contributed by atoms with van der Waals surface area (Å²) < 4.78 is 29.8. The van der Waals surface area contributed by atoms with Crippen LogP contribution in [0.5, 0.6) is 0 Å². The molecule has 1 aromatic heterocycles. The molecule has 0 aliphatic carbocycles. The number of rotatable bonds is 4.